The fraction of sp³-hybridized carbons (Fsp3) is 0.143. The molecule has 1 amide bonds. The van der Waals surface area contributed by atoms with E-state index in [-0.39, 0.29) is 23.9 Å². The first-order valence-corrected chi connectivity index (χ1v) is 5.91. The van der Waals surface area contributed by atoms with E-state index in [0.29, 0.717) is 6.54 Å². The van der Waals surface area contributed by atoms with Crippen molar-refractivity contribution in [1.82, 2.24) is 4.98 Å². The number of carbonyl (C=O) groups is 1. The van der Waals surface area contributed by atoms with Crippen molar-refractivity contribution >= 4 is 11.7 Å². The summed E-state index contributed by atoms with van der Waals surface area (Å²) in [4.78, 5) is 15.8. The Hall–Kier alpha value is -2.40. The smallest absolute Gasteiger partial charge is 0.230 e. The van der Waals surface area contributed by atoms with Crippen molar-refractivity contribution in [2.24, 2.45) is 5.73 Å². The van der Waals surface area contributed by atoms with Crippen LogP contribution in [0.4, 0.5) is 5.82 Å². The van der Waals surface area contributed by atoms with Gasteiger partial charge in [0.25, 0.3) is 0 Å². The van der Waals surface area contributed by atoms with Gasteiger partial charge in [-0.15, -0.1) is 0 Å². The fourth-order valence-corrected chi connectivity index (χ4v) is 1.77. The van der Waals surface area contributed by atoms with Crippen LogP contribution in [0, 0.1) is 0 Å². The van der Waals surface area contributed by atoms with E-state index in [9.17, 15) is 9.90 Å². The van der Waals surface area contributed by atoms with Crippen LogP contribution in [0.15, 0.2) is 42.6 Å². The van der Waals surface area contributed by atoms with Crippen LogP contribution in [0.5, 0.6) is 5.75 Å². The molecule has 0 radical (unpaired) electrons. The van der Waals surface area contributed by atoms with Gasteiger partial charge in [0.1, 0.15) is 0 Å². The van der Waals surface area contributed by atoms with E-state index in [1.165, 1.54) is 12.3 Å². The Morgan fingerprint density at radius 2 is 1.95 bits per heavy atom. The molecule has 0 saturated heterocycles. The van der Waals surface area contributed by atoms with Crippen molar-refractivity contribution < 1.29 is 9.90 Å². The Kier molecular flexibility index (Phi) is 4.10. The molecule has 4 N–H and O–H groups in total. The minimum atomic E-state index is -0.241. The largest absolute Gasteiger partial charge is 0.504 e. The third-order valence-electron chi connectivity index (χ3n) is 2.73. The number of benzene rings is 1. The predicted octanol–water partition coefficient (Wildman–Crippen LogP) is 1.43. The second-order valence-electron chi connectivity index (χ2n) is 4.07. The average molecular weight is 257 g/mol. The molecule has 0 saturated carbocycles. The summed E-state index contributed by atoms with van der Waals surface area (Å²) in [5.74, 6) is -0.129. The summed E-state index contributed by atoms with van der Waals surface area (Å²) in [7, 11) is 0. The first-order chi connectivity index (χ1) is 9.20. The van der Waals surface area contributed by atoms with E-state index in [4.69, 9.17) is 5.73 Å². The summed E-state index contributed by atoms with van der Waals surface area (Å²) in [5, 5.41) is 12.1. The zero-order chi connectivity index (χ0) is 13.7. The molecule has 0 bridgehead atoms. The van der Waals surface area contributed by atoms with Gasteiger partial charge >= 0.3 is 0 Å². The molecular formula is C14H15N3O2. The number of nitrogens with zero attached hydrogens (tertiary/aromatic N) is 1. The summed E-state index contributed by atoms with van der Waals surface area (Å²) in [5.41, 5.74) is 7.43. The number of hydrogen-bond acceptors (Lipinski definition) is 4. The van der Waals surface area contributed by atoms with Crippen molar-refractivity contribution in [3.63, 3.8) is 0 Å². The zero-order valence-electron chi connectivity index (χ0n) is 10.3. The maximum atomic E-state index is 11.9. The maximum Gasteiger partial charge on any atom is 0.230 e. The van der Waals surface area contributed by atoms with E-state index in [0.717, 1.165) is 11.1 Å². The van der Waals surface area contributed by atoms with Gasteiger partial charge in [-0.1, -0.05) is 24.3 Å². The molecule has 0 fully saturated rings. The molecule has 5 heteroatoms. The lowest BCUT2D eigenvalue weighted by Gasteiger charge is -2.08. The highest BCUT2D eigenvalue weighted by atomic mass is 16.3. The van der Waals surface area contributed by atoms with Gasteiger partial charge < -0.3 is 16.2 Å². The predicted molar refractivity (Wildman–Crippen MR) is 72.6 cm³/mol. The van der Waals surface area contributed by atoms with Crippen LogP contribution < -0.4 is 11.1 Å². The molecule has 19 heavy (non-hydrogen) atoms. The zero-order valence-corrected chi connectivity index (χ0v) is 10.3. The number of nitrogens with one attached hydrogen (secondary N) is 1. The van der Waals surface area contributed by atoms with Gasteiger partial charge in [0.2, 0.25) is 5.91 Å². The fourth-order valence-electron chi connectivity index (χ4n) is 1.77. The molecule has 2 aromatic rings. The van der Waals surface area contributed by atoms with Gasteiger partial charge in [0, 0.05) is 12.7 Å². The lowest BCUT2D eigenvalue weighted by molar-refractivity contribution is -0.115. The molecule has 1 aromatic carbocycles. The Bertz CT molecular complexity index is 584. The van der Waals surface area contributed by atoms with Crippen LogP contribution in [0.2, 0.25) is 0 Å². The Labute approximate surface area is 111 Å². The lowest BCUT2D eigenvalue weighted by atomic mass is 10.0. The second-order valence-corrected chi connectivity index (χ2v) is 4.07. The van der Waals surface area contributed by atoms with Crippen LogP contribution in [0.1, 0.15) is 11.1 Å². The summed E-state index contributed by atoms with van der Waals surface area (Å²) < 4.78 is 0. The van der Waals surface area contributed by atoms with Crippen LogP contribution in [-0.4, -0.2) is 16.0 Å². The Morgan fingerprint density at radius 1 is 1.21 bits per heavy atom. The summed E-state index contributed by atoms with van der Waals surface area (Å²) >= 11 is 0. The highest BCUT2D eigenvalue weighted by Crippen LogP contribution is 2.18. The molecule has 0 unspecified atom stereocenters. The molecule has 1 heterocycles. The Morgan fingerprint density at radius 3 is 2.63 bits per heavy atom. The van der Waals surface area contributed by atoms with Crippen LogP contribution >= 0.6 is 0 Å². The van der Waals surface area contributed by atoms with E-state index in [1.807, 2.05) is 24.3 Å². The van der Waals surface area contributed by atoms with Crippen molar-refractivity contribution in [3.05, 3.63) is 53.7 Å². The normalized spacial score (nSPS) is 10.2. The third-order valence-corrected chi connectivity index (χ3v) is 2.73. The van der Waals surface area contributed by atoms with Crippen molar-refractivity contribution in [3.8, 4) is 5.75 Å². The molecule has 1 aromatic heterocycles. The SMILES string of the molecule is NCc1ccccc1CC(=O)Nc1ncccc1O. The number of anilines is 1. The van der Waals surface area contributed by atoms with E-state index >= 15 is 0 Å². The van der Waals surface area contributed by atoms with Crippen molar-refractivity contribution in [2.45, 2.75) is 13.0 Å². The molecule has 0 aliphatic heterocycles. The lowest BCUT2D eigenvalue weighted by Crippen LogP contribution is -2.16. The first kappa shape index (κ1) is 13.0. The van der Waals surface area contributed by atoms with Gasteiger partial charge in [-0.05, 0) is 23.3 Å². The highest BCUT2D eigenvalue weighted by molar-refractivity contribution is 5.92. The molecule has 0 spiro atoms. The summed E-state index contributed by atoms with van der Waals surface area (Å²) in [6, 6.07) is 10.6. The quantitative estimate of drug-likeness (QED) is 0.773. The molecule has 5 nitrogen and oxygen atoms in total. The third kappa shape index (κ3) is 3.29. The number of aromatic nitrogens is 1. The Balaban J connectivity index is 2.08. The number of amides is 1. The number of carbonyl (C=O) groups excluding carboxylic acids is 1. The van der Waals surface area contributed by atoms with Gasteiger partial charge in [0.05, 0.1) is 6.42 Å². The van der Waals surface area contributed by atoms with E-state index < -0.39 is 0 Å². The van der Waals surface area contributed by atoms with Gasteiger partial charge in [0.15, 0.2) is 11.6 Å². The molecule has 0 atom stereocenters. The van der Waals surface area contributed by atoms with Crippen LogP contribution in [0.3, 0.4) is 0 Å². The topological polar surface area (TPSA) is 88.2 Å². The van der Waals surface area contributed by atoms with Crippen molar-refractivity contribution in [2.75, 3.05) is 5.32 Å². The van der Waals surface area contributed by atoms with Crippen LogP contribution in [0.25, 0.3) is 0 Å². The summed E-state index contributed by atoms with van der Waals surface area (Å²) in [6.45, 7) is 0.387. The highest BCUT2D eigenvalue weighted by Gasteiger charge is 2.09. The minimum Gasteiger partial charge on any atom is -0.504 e. The molecule has 0 aliphatic carbocycles. The van der Waals surface area contributed by atoms with Crippen molar-refractivity contribution in [1.29, 1.82) is 0 Å². The van der Waals surface area contributed by atoms with E-state index in [2.05, 4.69) is 10.3 Å². The maximum absolute atomic E-state index is 11.9. The second kappa shape index (κ2) is 5.97. The monoisotopic (exact) mass is 257 g/mol. The van der Waals surface area contributed by atoms with Crippen LogP contribution in [-0.2, 0) is 17.8 Å². The number of nitrogens with two attached hydrogens (primary N) is 1. The molecular weight excluding hydrogens is 242 g/mol. The molecule has 98 valence electrons. The van der Waals surface area contributed by atoms with E-state index in [1.54, 1.807) is 6.07 Å². The number of hydrogen-bond donors (Lipinski definition) is 3. The average Bonchev–Trinajstić information content (AvgIpc) is 2.42. The standard InChI is InChI=1S/C14H15N3O2/c15-9-11-5-2-1-4-10(11)8-13(19)17-14-12(18)6-3-7-16-14/h1-7,18H,8-9,15H2,(H,16,17,19). The first-order valence-electron chi connectivity index (χ1n) is 5.91. The number of aromatic hydroxyl groups is 1. The minimum absolute atomic E-state index is 0.0528. The molecule has 0 aliphatic rings. The molecule has 2 rings (SSSR count). The number of rotatable bonds is 4. The summed E-state index contributed by atoms with van der Waals surface area (Å²) in [6.07, 6.45) is 1.70. The number of pyridine rings is 1. The van der Waals surface area contributed by atoms with Gasteiger partial charge in [-0.3, -0.25) is 4.79 Å². The van der Waals surface area contributed by atoms with Gasteiger partial charge in [-0.25, -0.2) is 4.98 Å². The van der Waals surface area contributed by atoms with Gasteiger partial charge in [-0.2, -0.15) is 0 Å².